The Labute approximate surface area is 206 Å². The Morgan fingerprint density at radius 3 is 2.33 bits per heavy atom. The molecule has 2 aromatic carbocycles. The van der Waals surface area contributed by atoms with Crippen molar-refractivity contribution in [3.8, 4) is 0 Å². The quantitative estimate of drug-likeness (QED) is 0.278. The minimum Gasteiger partial charge on any atom is -0.481 e. The second kappa shape index (κ2) is 12.1. The average Bonchev–Trinajstić information content (AvgIpc) is 2.91. The number of hydrogen-bond acceptors (Lipinski definition) is 6. The Morgan fingerprint density at radius 1 is 1.11 bits per heavy atom. The molecule has 0 saturated carbocycles. The number of nitrogens with two attached hydrogens (primary N) is 1. The van der Waals surface area contributed by atoms with Gasteiger partial charge in [0.2, 0.25) is 5.91 Å². The topological polar surface area (TPSA) is 194 Å². The standard InChI is InChI=1S/C22H23N5O5.C2H4O2/c1-2-26-17-6-4-3-5-16(17)22(32)27(12-18(26)28)25-21(31)15-9-7-14(20(23)24)11-13(15)8-10-19(29)30;1-2(3)4/h3-7,9,11H,2,8,10,12H2,1H3,(H3,23,24)(H,25,31)(H,29,30);1H3,(H,3,4). The monoisotopic (exact) mass is 497 g/mol. The zero-order chi connectivity index (χ0) is 27.0. The number of carboxylic acids is 2. The van der Waals surface area contributed by atoms with Crippen LogP contribution in [0, 0.1) is 5.41 Å². The number of amidine groups is 1. The lowest BCUT2D eigenvalue weighted by atomic mass is 9.99. The summed E-state index contributed by atoms with van der Waals surface area (Å²) in [5.41, 5.74) is 9.57. The summed E-state index contributed by atoms with van der Waals surface area (Å²) in [4.78, 5) is 60.3. The van der Waals surface area contributed by atoms with E-state index < -0.39 is 23.8 Å². The van der Waals surface area contributed by atoms with E-state index in [2.05, 4.69) is 5.43 Å². The van der Waals surface area contributed by atoms with E-state index in [1.54, 1.807) is 31.2 Å². The largest absolute Gasteiger partial charge is 0.481 e. The van der Waals surface area contributed by atoms with Crippen molar-refractivity contribution in [2.75, 3.05) is 18.0 Å². The molecule has 1 aliphatic rings. The van der Waals surface area contributed by atoms with Crippen LogP contribution in [-0.2, 0) is 20.8 Å². The number of benzene rings is 2. The van der Waals surface area contributed by atoms with Gasteiger partial charge in [-0.1, -0.05) is 18.2 Å². The van der Waals surface area contributed by atoms with Crippen LogP contribution in [0.3, 0.4) is 0 Å². The molecule has 3 rings (SSSR count). The highest BCUT2D eigenvalue weighted by molar-refractivity contribution is 6.10. The summed E-state index contributed by atoms with van der Waals surface area (Å²) in [5.74, 6) is -3.67. The number of carbonyl (C=O) groups is 5. The SMILES string of the molecule is CC(=O)O.CCN1C(=O)CN(NC(=O)c2ccc(C(=N)N)cc2CCC(=O)O)C(=O)c2ccccc21. The molecule has 0 aromatic heterocycles. The molecule has 0 spiro atoms. The van der Waals surface area contributed by atoms with Crippen LogP contribution >= 0.6 is 0 Å². The van der Waals surface area contributed by atoms with Crippen molar-refractivity contribution in [2.24, 2.45) is 5.73 Å². The maximum atomic E-state index is 13.1. The number of nitrogens with one attached hydrogen (secondary N) is 2. The number of nitrogen functional groups attached to an aromatic ring is 1. The highest BCUT2D eigenvalue weighted by atomic mass is 16.4. The summed E-state index contributed by atoms with van der Waals surface area (Å²) >= 11 is 0. The molecule has 0 atom stereocenters. The molecule has 0 bridgehead atoms. The molecule has 190 valence electrons. The molecule has 0 fully saturated rings. The van der Waals surface area contributed by atoms with Crippen LogP contribution < -0.4 is 16.1 Å². The molecule has 36 heavy (non-hydrogen) atoms. The van der Waals surface area contributed by atoms with Gasteiger partial charge in [0.15, 0.2) is 0 Å². The van der Waals surface area contributed by atoms with Crippen LogP contribution in [0.1, 0.15) is 52.1 Å². The maximum Gasteiger partial charge on any atom is 0.303 e. The summed E-state index contributed by atoms with van der Waals surface area (Å²) in [6.45, 7) is 2.87. The van der Waals surface area contributed by atoms with Gasteiger partial charge in [0.25, 0.3) is 17.8 Å². The molecule has 1 heterocycles. The van der Waals surface area contributed by atoms with E-state index in [9.17, 15) is 19.2 Å². The first-order valence-electron chi connectivity index (χ1n) is 10.9. The molecule has 0 unspecified atom stereocenters. The van der Waals surface area contributed by atoms with Gasteiger partial charge in [0.1, 0.15) is 12.4 Å². The van der Waals surface area contributed by atoms with Crippen molar-refractivity contribution < 1.29 is 34.2 Å². The van der Waals surface area contributed by atoms with Gasteiger partial charge in [-0.3, -0.25) is 34.8 Å². The lowest BCUT2D eigenvalue weighted by molar-refractivity contribution is -0.137. The van der Waals surface area contributed by atoms with E-state index in [4.69, 9.17) is 26.2 Å². The number of carboxylic acid groups (broad SMARTS) is 2. The number of aliphatic carboxylic acids is 2. The smallest absolute Gasteiger partial charge is 0.303 e. The number of nitrogens with zero attached hydrogens (tertiary/aromatic N) is 2. The molecule has 2 aromatic rings. The molecule has 3 amide bonds. The van der Waals surface area contributed by atoms with Crippen molar-refractivity contribution in [1.82, 2.24) is 10.4 Å². The van der Waals surface area contributed by atoms with Crippen molar-refractivity contribution >= 4 is 41.2 Å². The van der Waals surface area contributed by atoms with Crippen molar-refractivity contribution in [3.05, 3.63) is 64.7 Å². The zero-order valence-electron chi connectivity index (χ0n) is 19.8. The van der Waals surface area contributed by atoms with Gasteiger partial charge in [-0.15, -0.1) is 0 Å². The number of aryl methyl sites for hydroxylation is 1. The van der Waals surface area contributed by atoms with Gasteiger partial charge < -0.3 is 20.8 Å². The molecule has 0 radical (unpaired) electrons. The minimum absolute atomic E-state index is 0.0263. The number of para-hydroxylation sites is 1. The van der Waals surface area contributed by atoms with Gasteiger partial charge in [0.05, 0.1) is 11.3 Å². The lowest BCUT2D eigenvalue weighted by Gasteiger charge is -2.22. The molecule has 0 saturated heterocycles. The lowest BCUT2D eigenvalue weighted by Crippen LogP contribution is -2.49. The van der Waals surface area contributed by atoms with Gasteiger partial charge in [-0.05, 0) is 43.2 Å². The Balaban J connectivity index is 0.00000106. The van der Waals surface area contributed by atoms with Gasteiger partial charge in [-0.2, -0.15) is 0 Å². The number of hydrazine groups is 1. The molecular weight excluding hydrogens is 470 g/mol. The second-order valence-corrected chi connectivity index (χ2v) is 7.69. The van der Waals surface area contributed by atoms with E-state index in [1.165, 1.54) is 23.1 Å². The Morgan fingerprint density at radius 2 is 1.75 bits per heavy atom. The van der Waals surface area contributed by atoms with E-state index >= 15 is 0 Å². The molecule has 12 heteroatoms. The van der Waals surface area contributed by atoms with E-state index in [0.29, 0.717) is 23.4 Å². The normalized spacial score (nSPS) is 12.6. The number of hydrogen-bond donors (Lipinski definition) is 5. The molecule has 1 aliphatic heterocycles. The first-order chi connectivity index (χ1) is 17.0. The third kappa shape index (κ3) is 6.88. The van der Waals surface area contributed by atoms with Gasteiger partial charge in [0, 0.05) is 31.0 Å². The fourth-order valence-electron chi connectivity index (χ4n) is 3.51. The molecule has 6 N–H and O–H groups in total. The second-order valence-electron chi connectivity index (χ2n) is 7.69. The van der Waals surface area contributed by atoms with E-state index in [0.717, 1.165) is 11.9 Å². The number of fused-ring (bicyclic) bond motifs is 1. The van der Waals surface area contributed by atoms with Gasteiger partial charge >= 0.3 is 5.97 Å². The Hall–Kier alpha value is -4.74. The van der Waals surface area contributed by atoms with Crippen LogP contribution in [-0.4, -0.2) is 63.8 Å². The summed E-state index contributed by atoms with van der Waals surface area (Å²) < 4.78 is 0. The summed E-state index contributed by atoms with van der Waals surface area (Å²) in [5, 5.41) is 25.0. The van der Waals surface area contributed by atoms with Crippen molar-refractivity contribution in [1.29, 1.82) is 5.41 Å². The van der Waals surface area contributed by atoms with Crippen LogP contribution in [0.25, 0.3) is 0 Å². The summed E-state index contributed by atoms with van der Waals surface area (Å²) in [6, 6.07) is 11.0. The van der Waals surface area contributed by atoms with Crippen LogP contribution in [0.5, 0.6) is 0 Å². The number of rotatable bonds is 7. The maximum absolute atomic E-state index is 13.1. The average molecular weight is 498 g/mol. The minimum atomic E-state index is -1.05. The molecular formula is C24H27N5O7. The third-order valence-electron chi connectivity index (χ3n) is 5.09. The first kappa shape index (κ1) is 27.5. The Kier molecular flexibility index (Phi) is 9.25. The van der Waals surface area contributed by atoms with Crippen LogP contribution in [0.4, 0.5) is 5.69 Å². The number of anilines is 1. The molecule has 0 aliphatic carbocycles. The van der Waals surface area contributed by atoms with Crippen molar-refractivity contribution in [2.45, 2.75) is 26.7 Å². The number of likely N-dealkylation sites (N-methyl/N-ethyl adjacent to an activating group) is 1. The highest BCUT2D eigenvalue weighted by Crippen LogP contribution is 2.25. The zero-order valence-corrected chi connectivity index (χ0v) is 19.8. The molecule has 12 nitrogen and oxygen atoms in total. The third-order valence-corrected chi connectivity index (χ3v) is 5.09. The fourth-order valence-corrected chi connectivity index (χ4v) is 3.51. The Bertz CT molecular complexity index is 1210. The summed E-state index contributed by atoms with van der Waals surface area (Å²) in [7, 11) is 0. The van der Waals surface area contributed by atoms with E-state index in [-0.39, 0.29) is 42.3 Å². The fraction of sp³-hybridized carbons (Fsp3) is 0.250. The summed E-state index contributed by atoms with van der Waals surface area (Å²) in [6.07, 6.45) is -0.208. The number of carbonyl (C=O) groups excluding carboxylic acids is 3. The van der Waals surface area contributed by atoms with Crippen molar-refractivity contribution in [3.63, 3.8) is 0 Å². The van der Waals surface area contributed by atoms with Crippen LogP contribution in [0.15, 0.2) is 42.5 Å². The van der Waals surface area contributed by atoms with Gasteiger partial charge in [-0.25, -0.2) is 5.01 Å². The number of amides is 3. The first-order valence-corrected chi connectivity index (χ1v) is 10.9. The predicted octanol–water partition coefficient (Wildman–Crippen LogP) is 1.23. The van der Waals surface area contributed by atoms with E-state index in [1.807, 2.05) is 0 Å². The van der Waals surface area contributed by atoms with Crippen LogP contribution in [0.2, 0.25) is 0 Å². The highest BCUT2D eigenvalue weighted by Gasteiger charge is 2.32. The predicted molar refractivity (Wildman–Crippen MR) is 130 cm³/mol.